The van der Waals surface area contributed by atoms with E-state index in [4.69, 9.17) is 0 Å². The van der Waals surface area contributed by atoms with Crippen LogP contribution in [-0.4, -0.2) is 22.4 Å². The average molecular weight is 261 g/mol. The van der Waals surface area contributed by atoms with Crippen LogP contribution >= 0.6 is 0 Å². The van der Waals surface area contributed by atoms with Gasteiger partial charge in [0.1, 0.15) is 5.82 Å². The molecule has 0 bridgehead atoms. The molecule has 3 rings (SSSR count). The molecule has 4 nitrogen and oxygen atoms in total. The fourth-order valence-corrected chi connectivity index (χ4v) is 3.08. The topological polar surface area (TPSA) is 49.0 Å². The first-order valence-electron chi connectivity index (χ1n) is 7.64. The summed E-state index contributed by atoms with van der Waals surface area (Å²) in [6.07, 6.45) is 13.5. The Labute approximate surface area is 114 Å². The van der Waals surface area contributed by atoms with E-state index in [9.17, 15) is 4.79 Å². The maximum atomic E-state index is 12.4. The summed E-state index contributed by atoms with van der Waals surface area (Å²) >= 11 is 0. The van der Waals surface area contributed by atoms with E-state index in [1.807, 2.05) is 4.90 Å². The van der Waals surface area contributed by atoms with Crippen LogP contribution in [0.2, 0.25) is 0 Å². The highest BCUT2D eigenvalue weighted by Crippen LogP contribution is 2.33. The number of carbonyl (C=O) groups excluding carboxylic acids is 1. The van der Waals surface area contributed by atoms with Crippen molar-refractivity contribution < 1.29 is 4.79 Å². The number of aromatic nitrogens is 2. The Kier molecular flexibility index (Phi) is 3.85. The second kappa shape index (κ2) is 5.76. The van der Waals surface area contributed by atoms with Crippen LogP contribution in [0.25, 0.3) is 0 Å². The quantitative estimate of drug-likeness (QED) is 0.885. The van der Waals surface area contributed by atoms with Crippen LogP contribution in [0, 0.1) is 11.8 Å². The molecule has 2 aliphatic carbocycles. The molecule has 0 radical (unpaired) electrons. The average Bonchev–Trinajstić information content (AvgIpc) is 3.17. The van der Waals surface area contributed by atoms with Gasteiger partial charge >= 0.3 is 0 Å². The van der Waals surface area contributed by atoms with Crippen LogP contribution in [0.15, 0.2) is 12.5 Å². The second-order valence-electron chi connectivity index (χ2n) is 5.99. The summed E-state index contributed by atoms with van der Waals surface area (Å²) < 4.78 is 0. The number of hydrogen-bond acceptors (Lipinski definition) is 2. The number of rotatable bonds is 5. The van der Waals surface area contributed by atoms with Crippen molar-refractivity contribution >= 4 is 11.7 Å². The lowest BCUT2D eigenvalue weighted by molar-refractivity contribution is -0.119. The maximum Gasteiger partial charge on any atom is 0.231 e. The fourth-order valence-electron chi connectivity index (χ4n) is 3.08. The molecule has 0 atom stereocenters. The van der Waals surface area contributed by atoms with Crippen LogP contribution in [-0.2, 0) is 4.79 Å². The third kappa shape index (κ3) is 3.17. The van der Waals surface area contributed by atoms with E-state index in [2.05, 4.69) is 9.97 Å². The molecule has 1 aromatic rings. The van der Waals surface area contributed by atoms with Gasteiger partial charge in [-0.1, -0.05) is 32.1 Å². The van der Waals surface area contributed by atoms with Gasteiger partial charge in [-0.15, -0.1) is 0 Å². The number of H-pyrrole nitrogens is 1. The first-order chi connectivity index (χ1) is 9.34. The summed E-state index contributed by atoms with van der Waals surface area (Å²) in [5.74, 6) is 2.24. The van der Waals surface area contributed by atoms with E-state index >= 15 is 0 Å². The van der Waals surface area contributed by atoms with Crippen molar-refractivity contribution in [2.45, 2.75) is 51.4 Å². The van der Waals surface area contributed by atoms with E-state index in [1.54, 1.807) is 12.5 Å². The highest BCUT2D eigenvalue weighted by molar-refractivity contribution is 5.95. The number of carbonyl (C=O) groups is 1. The van der Waals surface area contributed by atoms with Crippen molar-refractivity contribution in [2.24, 2.45) is 11.8 Å². The predicted octanol–water partition coefficient (Wildman–Crippen LogP) is 3.12. The lowest BCUT2D eigenvalue weighted by atomic mass is 9.87. The Balaban J connectivity index is 1.60. The Bertz CT molecular complexity index is 405. The Hall–Kier alpha value is -1.32. The lowest BCUT2D eigenvalue weighted by Crippen LogP contribution is -2.34. The summed E-state index contributed by atoms with van der Waals surface area (Å²) in [6, 6.07) is 0. The molecule has 0 aliphatic heterocycles. The van der Waals surface area contributed by atoms with Crippen molar-refractivity contribution in [3.63, 3.8) is 0 Å². The van der Waals surface area contributed by atoms with E-state index in [0.29, 0.717) is 5.91 Å². The number of amides is 1. The lowest BCUT2D eigenvalue weighted by Gasteiger charge is -2.26. The molecule has 1 N–H and O–H groups in total. The molecule has 0 saturated heterocycles. The van der Waals surface area contributed by atoms with Crippen molar-refractivity contribution in [3.8, 4) is 0 Å². The summed E-state index contributed by atoms with van der Waals surface area (Å²) in [7, 11) is 0. The van der Waals surface area contributed by atoms with Crippen molar-refractivity contribution in [2.75, 3.05) is 11.4 Å². The zero-order valence-electron chi connectivity index (χ0n) is 11.5. The number of hydrogen-bond donors (Lipinski definition) is 1. The van der Waals surface area contributed by atoms with E-state index in [-0.39, 0.29) is 5.92 Å². The molecular weight excluding hydrogens is 238 g/mol. The second-order valence-corrected chi connectivity index (χ2v) is 5.99. The first kappa shape index (κ1) is 12.7. The van der Waals surface area contributed by atoms with Gasteiger partial charge in [0, 0.05) is 12.5 Å². The van der Waals surface area contributed by atoms with Gasteiger partial charge in [0.25, 0.3) is 0 Å². The summed E-state index contributed by atoms with van der Waals surface area (Å²) in [6.45, 7) is 0.849. The molecular formula is C15H23N3O. The monoisotopic (exact) mass is 261 g/mol. The van der Waals surface area contributed by atoms with Gasteiger partial charge in [0.15, 0.2) is 0 Å². The minimum atomic E-state index is 0.273. The van der Waals surface area contributed by atoms with Crippen LogP contribution in [0.1, 0.15) is 51.4 Å². The number of aromatic amines is 1. The van der Waals surface area contributed by atoms with Crippen molar-refractivity contribution in [1.29, 1.82) is 0 Å². The number of imidazole rings is 1. The molecule has 2 fully saturated rings. The minimum Gasteiger partial charge on any atom is -0.331 e. The van der Waals surface area contributed by atoms with Gasteiger partial charge in [-0.25, -0.2) is 4.98 Å². The zero-order valence-corrected chi connectivity index (χ0v) is 11.5. The van der Waals surface area contributed by atoms with Crippen LogP contribution in [0.3, 0.4) is 0 Å². The molecule has 0 unspecified atom stereocenters. The van der Waals surface area contributed by atoms with E-state index < -0.39 is 0 Å². The minimum absolute atomic E-state index is 0.273. The Morgan fingerprint density at radius 1 is 1.26 bits per heavy atom. The first-order valence-corrected chi connectivity index (χ1v) is 7.64. The molecule has 2 aliphatic rings. The van der Waals surface area contributed by atoms with Gasteiger partial charge in [-0.2, -0.15) is 0 Å². The molecule has 19 heavy (non-hydrogen) atoms. The zero-order chi connectivity index (χ0) is 13.1. The number of anilines is 1. The predicted molar refractivity (Wildman–Crippen MR) is 74.9 cm³/mol. The summed E-state index contributed by atoms with van der Waals surface area (Å²) in [5.41, 5.74) is 0. The summed E-state index contributed by atoms with van der Waals surface area (Å²) in [4.78, 5) is 21.4. The van der Waals surface area contributed by atoms with Crippen LogP contribution in [0.4, 0.5) is 5.82 Å². The van der Waals surface area contributed by atoms with E-state index in [1.165, 1.54) is 32.1 Å². The molecule has 1 aromatic heterocycles. The van der Waals surface area contributed by atoms with Gasteiger partial charge in [-0.3, -0.25) is 9.69 Å². The van der Waals surface area contributed by atoms with Gasteiger partial charge in [-0.05, 0) is 25.2 Å². The smallest absolute Gasteiger partial charge is 0.231 e. The number of nitrogens with one attached hydrogen (secondary N) is 1. The molecule has 2 saturated carbocycles. The highest BCUT2D eigenvalue weighted by atomic mass is 16.2. The summed E-state index contributed by atoms with van der Waals surface area (Å²) in [5, 5.41) is 0. The molecule has 0 spiro atoms. The van der Waals surface area contributed by atoms with Crippen LogP contribution in [0.5, 0.6) is 0 Å². The van der Waals surface area contributed by atoms with Crippen LogP contribution < -0.4 is 4.90 Å². The highest BCUT2D eigenvalue weighted by Gasteiger charge is 2.34. The molecule has 4 heteroatoms. The third-order valence-electron chi connectivity index (χ3n) is 4.45. The normalized spacial score (nSPS) is 20.4. The molecule has 104 valence electrons. The third-order valence-corrected chi connectivity index (χ3v) is 4.45. The number of nitrogens with zero attached hydrogens (tertiary/aromatic N) is 2. The molecule has 0 aromatic carbocycles. The molecule has 1 amide bonds. The van der Waals surface area contributed by atoms with E-state index in [0.717, 1.165) is 37.5 Å². The fraction of sp³-hybridized carbons (Fsp3) is 0.733. The Morgan fingerprint density at radius 3 is 2.68 bits per heavy atom. The van der Waals surface area contributed by atoms with Gasteiger partial charge < -0.3 is 4.98 Å². The Morgan fingerprint density at radius 2 is 2.05 bits per heavy atom. The van der Waals surface area contributed by atoms with Crippen molar-refractivity contribution in [3.05, 3.63) is 12.5 Å². The van der Waals surface area contributed by atoms with Gasteiger partial charge in [0.2, 0.25) is 5.91 Å². The largest absolute Gasteiger partial charge is 0.331 e. The SMILES string of the molecule is O=C(C1CC1)N(CCC1CCCCC1)c1cnc[nH]1. The van der Waals surface area contributed by atoms with Gasteiger partial charge in [0.05, 0.1) is 12.5 Å². The molecule has 1 heterocycles. The standard InChI is InChI=1S/C15H23N3O/c19-15(13-6-7-13)18(14-10-16-11-17-14)9-8-12-4-2-1-3-5-12/h10-13H,1-9H2,(H,16,17). The maximum absolute atomic E-state index is 12.4. The van der Waals surface area contributed by atoms with Crippen molar-refractivity contribution in [1.82, 2.24) is 9.97 Å².